The van der Waals surface area contributed by atoms with Gasteiger partial charge in [0.2, 0.25) is 0 Å². The first-order valence-electron chi connectivity index (χ1n) is 5.73. The third-order valence-electron chi connectivity index (χ3n) is 3.00. The Bertz CT molecular complexity index is 879. The zero-order chi connectivity index (χ0) is 14.3. The number of carboxylic acid groups (broad SMARTS) is 2. The van der Waals surface area contributed by atoms with E-state index in [4.69, 9.17) is 10.2 Å². The Balaban J connectivity index is 0.00000161. The monoisotopic (exact) mass is 375 g/mol. The minimum atomic E-state index is -1.37. The smallest absolute Gasteiger partial charge is 0.355 e. The Kier molecular flexibility index (Phi) is 4.04. The van der Waals surface area contributed by atoms with Gasteiger partial charge < -0.3 is 10.2 Å². The van der Waals surface area contributed by atoms with Crippen LogP contribution in [0.4, 0.5) is 0 Å². The van der Waals surface area contributed by atoms with Gasteiger partial charge in [-0.2, -0.15) is 0 Å². The molecule has 0 bridgehead atoms. The minimum Gasteiger partial charge on any atom is -0.478 e. The number of carboxylic acids is 2. The molecule has 3 aromatic rings. The molecule has 7 heteroatoms. The first kappa shape index (κ1) is 15.1. The number of benzene rings is 1. The standard InChI is InChI=1S/C14H8N2O4.Ag/c17-13(18)9-6-7-3-4-10-8(2-1-5-15-10)11(7)16-12(9)14(19)20;/h1-6H,(H,17,18)(H,19,20);. The summed E-state index contributed by atoms with van der Waals surface area (Å²) in [6.07, 6.45) is 1.62. The van der Waals surface area contributed by atoms with Gasteiger partial charge in [0, 0.05) is 39.3 Å². The first-order valence-corrected chi connectivity index (χ1v) is 5.73. The first-order chi connectivity index (χ1) is 9.58. The van der Waals surface area contributed by atoms with Gasteiger partial charge in [0.15, 0.2) is 5.69 Å². The molecule has 0 aliphatic carbocycles. The summed E-state index contributed by atoms with van der Waals surface area (Å²) in [4.78, 5) is 30.4. The molecule has 0 spiro atoms. The molecule has 0 fully saturated rings. The summed E-state index contributed by atoms with van der Waals surface area (Å²) in [5.74, 6) is -2.69. The molecular weight excluding hydrogens is 368 g/mol. The van der Waals surface area contributed by atoms with E-state index in [1.165, 1.54) is 6.07 Å². The average molecular weight is 376 g/mol. The number of hydrogen-bond acceptors (Lipinski definition) is 4. The average Bonchev–Trinajstić information content (AvgIpc) is 2.45. The third-order valence-corrected chi connectivity index (χ3v) is 3.00. The Morgan fingerprint density at radius 1 is 1.05 bits per heavy atom. The topological polar surface area (TPSA) is 100 Å². The van der Waals surface area contributed by atoms with E-state index in [9.17, 15) is 9.59 Å². The number of aromatic nitrogens is 2. The van der Waals surface area contributed by atoms with Crippen molar-refractivity contribution in [3.05, 3.63) is 47.8 Å². The quantitative estimate of drug-likeness (QED) is 0.525. The van der Waals surface area contributed by atoms with Crippen LogP contribution in [0.25, 0.3) is 21.8 Å². The molecule has 0 atom stereocenters. The van der Waals surface area contributed by atoms with Crippen molar-refractivity contribution < 1.29 is 42.2 Å². The van der Waals surface area contributed by atoms with E-state index in [1.807, 2.05) is 0 Å². The molecule has 0 unspecified atom stereocenters. The molecule has 2 N–H and O–H groups in total. The maximum atomic E-state index is 11.2. The zero-order valence-corrected chi connectivity index (χ0v) is 11.9. The molecule has 1 aromatic carbocycles. The van der Waals surface area contributed by atoms with Crippen molar-refractivity contribution >= 4 is 33.7 Å². The summed E-state index contributed by atoms with van der Waals surface area (Å²) >= 11 is 0. The summed E-state index contributed by atoms with van der Waals surface area (Å²) in [6.45, 7) is 0. The Labute approximate surface area is 134 Å². The second-order valence-corrected chi connectivity index (χ2v) is 4.20. The van der Waals surface area contributed by atoms with Gasteiger partial charge in [0.25, 0.3) is 0 Å². The third kappa shape index (κ3) is 2.52. The number of hydrogen-bond donors (Lipinski definition) is 2. The van der Waals surface area contributed by atoms with E-state index in [0.29, 0.717) is 21.8 Å². The molecule has 0 amide bonds. The molecule has 6 nitrogen and oxygen atoms in total. The fourth-order valence-electron chi connectivity index (χ4n) is 2.12. The molecule has 0 saturated carbocycles. The summed E-state index contributed by atoms with van der Waals surface area (Å²) in [5, 5.41) is 19.4. The number of aromatic carboxylic acids is 2. The summed E-state index contributed by atoms with van der Waals surface area (Å²) < 4.78 is 0. The number of pyridine rings is 2. The van der Waals surface area contributed by atoms with Crippen LogP contribution in [0.2, 0.25) is 0 Å². The molecule has 1 radical (unpaired) electrons. The maximum absolute atomic E-state index is 11.2. The second kappa shape index (κ2) is 5.61. The second-order valence-electron chi connectivity index (χ2n) is 4.20. The van der Waals surface area contributed by atoms with Crippen molar-refractivity contribution in [3.63, 3.8) is 0 Å². The molecule has 0 saturated heterocycles. The van der Waals surface area contributed by atoms with E-state index < -0.39 is 17.6 Å². The van der Waals surface area contributed by atoms with E-state index in [-0.39, 0.29) is 27.9 Å². The Morgan fingerprint density at radius 2 is 1.81 bits per heavy atom. The van der Waals surface area contributed by atoms with E-state index in [0.717, 1.165) is 0 Å². The van der Waals surface area contributed by atoms with Gasteiger partial charge in [-0.05, 0) is 24.3 Å². The fraction of sp³-hybridized carbons (Fsp3) is 0. The van der Waals surface area contributed by atoms with E-state index in [1.54, 1.807) is 30.5 Å². The molecule has 109 valence electrons. The van der Waals surface area contributed by atoms with Crippen LogP contribution in [-0.2, 0) is 22.4 Å². The van der Waals surface area contributed by atoms with Crippen LogP contribution in [0.15, 0.2) is 36.5 Å². The van der Waals surface area contributed by atoms with Gasteiger partial charge in [0.1, 0.15) is 0 Å². The minimum absolute atomic E-state index is 0. The molecule has 3 rings (SSSR count). The van der Waals surface area contributed by atoms with Crippen molar-refractivity contribution in [1.29, 1.82) is 0 Å². The molecule has 2 aromatic heterocycles. The van der Waals surface area contributed by atoms with Gasteiger partial charge in [0.05, 0.1) is 16.6 Å². The van der Waals surface area contributed by atoms with Crippen LogP contribution in [0.3, 0.4) is 0 Å². The van der Waals surface area contributed by atoms with Crippen LogP contribution >= 0.6 is 0 Å². The number of carbonyl (C=O) groups is 2. The van der Waals surface area contributed by atoms with Crippen LogP contribution in [0, 0.1) is 0 Å². The zero-order valence-electron chi connectivity index (χ0n) is 10.4. The summed E-state index contributed by atoms with van der Waals surface area (Å²) in [6, 6.07) is 8.22. The predicted octanol–water partition coefficient (Wildman–Crippen LogP) is 2.18. The largest absolute Gasteiger partial charge is 0.478 e. The molecule has 0 aliphatic rings. The van der Waals surface area contributed by atoms with Gasteiger partial charge in [-0.1, -0.05) is 6.07 Å². The van der Waals surface area contributed by atoms with Crippen molar-refractivity contribution in [2.75, 3.05) is 0 Å². The predicted molar refractivity (Wildman–Crippen MR) is 71.0 cm³/mol. The van der Waals surface area contributed by atoms with Crippen molar-refractivity contribution in [2.24, 2.45) is 0 Å². The van der Waals surface area contributed by atoms with E-state index >= 15 is 0 Å². The number of nitrogens with zero attached hydrogens (tertiary/aromatic N) is 2. The molecule has 21 heavy (non-hydrogen) atoms. The molecular formula is C14H8AgN2O4. The Morgan fingerprint density at radius 3 is 2.48 bits per heavy atom. The van der Waals surface area contributed by atoms with Crippen LogP contribution in [0.5, 0.6) is 0 Å². The van der Waals surface area contributed by atoms with Crippen LogP contribution in [0.1, 0.15) is 20.8 Å². The van der Waals surface area contributed by atoms with Crippen molar-refractivity contribution in [1.82, 2.24) is 9.97 Å². The van der Waals surface area contributed by atoms with Crippen LogP contribution in [-0.4, -0.2) is 32.1 Å². The summed E-state index contributed by atoms with van der Waals surface area (Å²) in [5.41, 5.74) is 0.305. The van der Waals surface area contributed by atoms with Crippen molar-refractivity contribution in [3.8, 4) is 0 Å². The van der Waals surface area contributed by atoms with Gasteiger partial charge in [-0.25, -0.2) is 14.6 Å². The normalized spacial score (nSPS) is 10.3. The SMILES string of the molecule is O=C(O)c1cc2ccc3ncccc3c2nc1C(=O)O.[Ag]. The van der Waals surface area contributed by atoms with Gasteiger partial charge >= 0.3 is 11.9 Å². The fourth-order valence-corrected chi connectivity index (χ4v) is 2.12. The van der Waals surface area contributed by atoms with Crippen LogP contribution < -0.4 is 0 Å². The van der Waals surface area contributed by atoms with Gasteiger partial charge in [-0.15, -0.1) is 0 Å². The Hall–Kier alpha value is -2.28. The molecule has 0 aliphatic heterocycles. The maximum Gasteiger partial charge on any atom is 0.355 e. The van der Waals surface area contributed by atoms with Gasteiger partial charge in [-0.3, -0.25) is 4.98 Å². The van der Waals surface area contributed by atoms with Crippen molar-refractivity contribution in [2.45, 2.75) is 0 Å². The molecule has 2 heterocycles. The van der Waals surface area contributed by atoms with E-state index in [2.05, 4.69) is 9.97 Å². The number of fused-ring (bicyclic) bond motifs is 3. The summed E-state index contributed by atoms with van der Waals surface area (Å²) in [7, 11) is 0. The number of rotatable bonds is 2.